The molecule has 4 rings (SSSR count). The molecule has 0 unspecified atom stereocenters. The van der Waals surface area contributed by atoms with E-state index >= 15 is 0 Å². The van der Waals surface area contributed by atoms with Crippen molar-refractivity contribution < 1.29 is 9.15 Å². The van der Waals surface area contributed by atoms with Crippen molar-refractivity contribution in [2.24, 2.45) is 0 Å². The maximum absolute atomic E-state index is 5.94. The Morgan fingerprint density at radius 1 is 0.724 bits per heavy atom. The lowest BCUT2D eigenvalue weighted by Gasteiger charge is -2.20. The first-order valence-corrected chi connectivity index (χ1v) is 9.57. The zero-order chi connectivity index (χ0) is 19.9. The van der Waals surface area contributed by atoms with Gasteiger partial charge in [-0.15, -0.1) is 10.2 Å². The van der Waals surface area contributed by atoms with E-state index < -0.39 is 0 Å². The van der Waals surface area contributed by atoms with E-state index in [1.54, 1.807) is 7.11 Å². The Morgan fingerprint density at radius 2 is 1.31 bits per heavy atom. The Labute approximate surface area is 170 Å². The summed E-state index contributed by atoms with van der Waals surface area (Å²) in [6.07, 6.45) is 0. The highest BCUT2D eigenvalue weighted by molar-refractivity contribution is 5.53. The second kappa shape index (κ2) is 9.17. The summed E-state index contributed by atoms with van der Waals surface area (Å²) in [6.45, 7) is 2.18. The topological polar surface area (TPSA) is 51.4 Å². The van der Waals surface area contributed by atoms with E-state index in [2.05, 4.69) is 63.6 Å². The number of methoxy groups -OCH3 is 1. The van der Waals surface area contributed by atoms with Crippen LogP contribution >= 0.6 is 0 Å². The van der Waals surface area contributed by atoms with Crippen LogP contribution in [0.2, 0.25) is 0 Å². The van der Waals surface area contributed by atoms with E-state index in [0.717, 1.165) is 24.4 Å². The summed E-state index contributed by atoms with van der Waals surface area (Å²) in [5.41, 5.74) is 3.37. The Bertz CT molecular complexity index is 973. The van der Waals surface area contributed by atoms with E-state index in [-0.39, 0.29) is 0 Å². The molecular formula is C24H23N3O2. The van der Waals surface area contributed by atoms with Gasteiger partial charge in [-0.3, -0.25) is 4.90 Å². The van der Waals surface area contributed by atoms with Crippen molar-refractivity contribution in [2.75, 3.05) is 7.11 Å². The maximum Gasteiger partial charge on any atom is 0.247 e. The van der Waals surface area contributed by atoms with Crippen molar-refractivity contribution in [3.05, 3.63) is 102 Å². The van der Waals surface area contributed by atoms with Crippen molar-refractivity contribution >= 4 is 0 Å². The summed E-state index contributed by atoms with van der Waals surface area (Å²) in [7, 11) is 1.65. The molecule has 0 bridgehead atoms. The Morgan fingerprint density at radius 3 is 1.86 bits per heavy atom. The lowest BCUT2D eigenvalue weighted by Crippen LogP contribution is -2.22. The predicted molar refractivity (Wildman–Crippen MR) is 112 cm³/mol. The van der Waals surface area contributed by atoms with Gasteiger partial charge in [-0.25, -0.2) is 0 Å². The summed E-state index contributed by atoms with van der Waals surface area (Å²) in [4.78, 5) is 2.30. The third kappa shape index (κ3) is 5.09. The van der Waals surface area contributed by atoms with Crippen LogP contribution < -0.4 is 4.74 Å². The van der Waals surface area contributed by atoms with Gasteiger partial charge < -0.3 is 9.15 Å². The molecule has 5 heteroatoms. The zero-order valence-corrected chi connectivity index (χ0v) is 16.4. The van der Waals surface area contributed by atoms with Gasteiger partial charge in [0.1, 0.15) is 5.75 Å². The molecule has 5 nitrogen and oxygen atoms in total. The van der Waals surface area contributed by atoms with E-state index in [1.807, 2.05) is 36.4 Å². The lowest BCUT2D eigenvalue weighted by atomic mass is 10.1. The molecule has 0 saturated heterocycles. The minimum Gasteiger partial charge on any atom is -0.497 e. The normalized spacial score (nSPS) is 11.0. The van der Waals surface area contributed by atoms with Crippen LogP contribution in [0.4, 0.5) is 0 Å². The number of hydrogen-bond acceptors (Lipinski definition) is 5. The molecule has 0 fully saturated rings. The van der Waals surface area contributed by atoms with E-state index in [9.17, 15) is 0 Å². The summed E-state index contributed by atoms with van der Waals surface area (Å²) < 4.78 is 11.1. The Balaban J connectivity index is 1.51. The molecule has 146 valence electrons. The summed E-state index contributed by atoms with van der Waals surface area (Å²) >= 11 is 0. The summed E-state index contributed by atoms with van der Waals surface area (Å²) in [5, 5.41) is 8.49. The van der Waals surface area contributed by atoms with Crippen LogP contribution in [0.15, 0.2) is 89.3 Å². The van der Waals surface area contributed by atoms with Gasteiger partial charge in [0.2, 0.25) is 11.8 Å². The Hall–Kier alpha value is -3.44. The van der Waals surface area contributed by atoms with Gasteiger partial charge in [0.15, 0.2) is 0 Å². The molecule has 3 aromatic carbocycles. The van der Waals surface area contributed by atoms with Gasteiger partial charge in [0.05, 0.1) is 13.7 Å². The minimum absolute atomic E-state index is 0.516. The molecule has 0 atom stereocenters. The van der Waals surface area contributed by atoms with Crippen LogP contribution in [-0.4, -0.2) is 22.2 Å². The predicted octanol–water partition coefficient (Wildman–Crippen LogP) is 4.95. The second-order valence-electron chi connectivity index (χ2n) is 6.85. The fourth-order valence-corrected chi connectivity index (χ4v) is 3.21. The first-order chi connectivity index (χ1) is 14.3. The maximum atomic E-state index is 5.94. The van der Waals surface area contributed by atoms with Gasteiger partial charge >= 0.3 is 0 Å². The standard InChI is InChI=1S/C24H23N3O2/c1-28-22-14-12-21(13-15-22)24-26-25-23(29-24)18-27(16-19-8-4-2-5-9-19)17-20-10-6-3-7-11-20/h2-15H,16-18H2,1H3. The molecule has 1 aromatic heterocycles. The first kappa shape index (κ1) is 18.9. The van der Waals surface area contributed by atoms with E-state index in [4.69, 9.17) is 9.15 Å². The molecule has 0 radical (unpaired) electrons. The number of rotatable bonds is 8. The van der Waals surface area contributed by atoms with Gasteiger partial charge in [0.25, 0.3) is 0 Å². The smallest absolute Gasteiger partial charge is 0.247 e. The van der Waals surface area contributed by atoms with Crippen molar-refractivity contribution in [3.63, 3.8) is 0 Å². The van der Waals surface area contributed by atoms with E-state index in [1.165, 1.54) is 11.1 Å². The third-order valence-corrected chi connectivity index (χ3v) is 4.66. The van der Waals surface area contributed by atoms with Gasteiger partial charge in [-0.2, -0.15) is 0 Å². The largest absolute Gasteiger partial charge is 0.497 e. The molecule has 4 aromatic rings. The highest BCUT2D eigenvalue weighted by Crippen LogP contribution is 2.22. The minimum atomic E-state index is 0.516. The van der Waals surface area contributed by atoms with Crippen LogP contribution in [0.3, 0.4) is 0 Å². The van der Waals surface area contributed by atoms with Crippen molar-refractivity contribution in [1.82, 2.24) is 15.1 Å². The van der Waals surface area contributed by atoms with Gasteiger partial charge in [-0.05, 0) is 35.4 Å². The average Bonchev–Trinajstić information content (AvgIpc) is 3.24. The number of ether oxygens (including phenoxy) is 1. The van der Waals surface area contributed by atoms with Gasteiger partial charge in [-0.1, -0.05) is 60.7 Å². The molecule has 0 aliphatic carbocycles. The highest BCUT2D eigenvalue weighted by atomic mass is 16.5. The van der Waals surface area contributed by atoms with Crippen LogP contribution in [0.5, 0.6) is 5.75 Å². The molecule has 0 N–H and O–H groups in total. The lowest BCUT2D eigenvalue weighted by molar-refractivity contribution is 0.223. The van der Waals surface area contributed by atoms with E-state index in [0.29, 0.717) is 18.3 Å². The molecular weight excluding hydrogens is 362 g/mol. The summed E-state index contributed by atoms with van der Waals surface area (Å²) in [5.74, 6) is 1.91. The number of nitrogens with zero attached hydrogens (tertiary/aromatic N) is 3. The monoisotopic (exact) mass is 385 g/mol. The molecule has 29 heavy (non-hydrogen) atoms. The fourth-order valence-electron chi connectivity index (χ4n) is 3.21. The zero-order valence-electron chi connectivity index (χ0n) is 16.4. The number of aromatic nitrogens is 2. The van der Waals surface area contributed by atoms with Crippen molar-refractivity contribution in [3.8, 4) is 17.2 Å². The van der Waals surface area contributed by atoms with Crippen LogP contribution in [0.1, 0.15) is 17.0 Å². The molecule has 0 aliphatic rings. The molecule has 1 heterocycles. The fraction of sp³-hybridized carbons (Fsp3) is 0.167. The van der Waals surface area contributed by atoms with Crippen LogP contribution in [0, 0.1) is 0 Å². The Kier molecular flexibility index (Phi) is 5.98. The number of benzene rings is 3. The number of hydrogen-bond donors (Lipinski definition) is 0. The first-order valence-electron chi connectivity index (χ1n) is 9.57. The molecule has 0 aliphatic heterocycles. The third-order valence-electron chi connectivity index (χ3n) is 4.66. The molecule has 0 amide bonds. The van der Waals surface area contributed by atoms with Gasteiger partial charge in [0, 0.05) is 18.7 Å². The molecule has 0 saturated carbocycles. The quantitative estimate of drug-likeness (QED) is 0.430. The SMILES string of the molecule is COc1ccc(-c2nnc(CN(Cc3ccccc3)Cc3ccccc3)o2)cc1. The molecule has 0 spiro atoms. The second-order valence-corrected chi connectivity index (χ2v) is 6.85. The average molecular weight is 385 g/mol. The van der Waals surface area contributed by atoms with Crippen LogP contribution in [0.25, 0.3) is 11.5 Å². The van der Waals surface area contributed by atoms with Crippen molar-refractivity contribution in [2.45, 2.75) is 19.6 Å². The van der Waals surface area contributed by atoms with Crippen molar-refractivity contribution in [1.29, 1.82) is 0 Å². The van der Waals surface area contributed by atoms with Crippen LogP contribution in [-0.2, 0) is 19.6 Å². The highest BCUT2D eigenvalue weighted by Gasteiger charge is 2.14. The summed E-state index contributed by atoms with van der Waals surface area (Å²) in [6, 6.07) is 28.4.